The van der Waals surface area contributed by atoms with Gasteiger partial charge in [0, 0.05) is 23.8 Å². The first-order chi connectivity index (χ1) is 14.7. The van der Waals surface area contributed by atoms with Crippen molar-refractivity contribution in [3.05, 3.63) is 71.0 Å². The Morgan fingerprint density at radius 1 is 1.06 bits per heavy atom. The summed E-state index contributed by atoms with van der Waals surface area (Å²) in [4.78, 5) is 29.3. The smallest absolute Gasteiger partial charge is 0.243 e. The number of anilines is 1. The van der Waals surface area contributed by atoms with Gasteiger partial charge in [0.1, 0.15) is 0 Å². The van der Waals surface area contributed by atoms with E-state index in [0.29, 0.717) is 0 Å². The number of aryl methyl sites for hydroxylation is 4. The Kier molecular flexibility index (Phi) is 7.17. The lowest BCUT2D eigenvalue weighted by Crippen LogP contribution is -2.37. The summed E-state index contributed by atoms with van der Waals surface area (Å²) in [5, 5.41) is 5.93. The molecule has 162 valence electrons. The van der Waals surface area contributed by atoms with Crippen molar-refractivity contribution in [3.63, 3.8) is 0 Å². The molecule has 0 aliphatic carbocycles. The fourth-order valence-electron chi connectivity index (χ4n) is 3.38. The van der Waals surface area contributed by atoms with E-state index in [1.54, 1.807) is 6.20 Å². The SMILES string of the molecule is Cc1cc(C)cc(-n2ccnc2SC(C)C(=O)NCC(=O)Nc2c(C)cccc2C)c1. The molecule has 2 amide bonds. The van der Waals surface area contributed by atoms with Crippen LogP contribution in [0, 0.1) is 27.7 Å². The highest BCUT2D eigenvalue weighted by molar-refractivity contribution is 8.00. The van der Waals surface area contributed by atoms with Gasteiger partial charge in [-0.3, -0.25) is 14.2 Å². The van der Waals surface area contributed by atoms with Crippen LogP contribution in [0.1, 0.15) is 29.2 Å². The maximum Gasteiger partial charge on any atom is 0.243 e. The van der Waals surface area contributed by atoms with Gasteiger partial charge in [-0.2, -0.15) is 0 Å². The Morgan fingerprint density at radius 2 is 1.71 bits per heavy atom. The molecule has 0 fully saturated rings. The third-order valence-corrected chi connectivity index (χ3v) is 5.99. The number of carbonyl (C=O) groups is 2. The predicted octanol–water partition coefficient (Wildman–Crippen LogP) is 4.34. The minimum atomic E-state index is -0.403. The van der Waals surface area contributed by atoms with Crippen LogP contribution in [-0.2, 0) is 9.59 Å². The zero-order valence-corrected chi connectivity index (χ0v) is 19.3. The molecule has 2 N–H and O–H groups in total. The molecule has 0 spiro atoms. The summed E-state index contributed by atoms with van der Waals surface area (Å²) in [6.07, 6.45) is 3.61. The molecule has 0 bridgehead atoms. The van der Waals surface area contributed by atoms with Crippen LogP contribution in [0.4, 0.5) is 5.69 Å². The first-order valence-electron chi connectivity index (χ1n) is 10.2. The molecule has 7 heteroatoms. The quantitative estimate of drug-likeness (QED) is 0.540. The first kappa shape index (κ1) is 22.6. The molecule has 0 radical (unpaired) electrons. The van der Waals surface area contributed by atoms with Gasteiger partial charge in [-0.25, -0.2) is 4.98 Å². The van der Waals surface area contributed by atoms with E-state index in [1.807, 2.05) is 49.7 Å². The number of nitrogens with zero attached hydrogens (tertiary/aromatic N) is 2. The highest BCUT2D eigenvalue weighted by Crippen LogP contribution is 2.25. The van der Waals surface area contributed by atoms with Crippen LogP contribution in [0.25, 0.3) is 5.69 Å². The molecule has 1 unspecified atom stereocenters. The van der Waals surface area contributed by atoms with Crippen molar-refractivity contribution < 1.29 is 9.59 Å². The number of thioether (sulfide) groups is 1. The van der Waals surface area contributed by atoms with Crippen molar-refractivity contribution in [2.45, 2.75) is 45.0 Å². The summed E-state index contributed by atoms with van der Waals surface area (Å²) in [7, 11) is 0. The van der Waals surface area contributed by atoms with E-state index in [1.165, 1.54) is 22.9 Å². The van der Waals surface area contributed by atoms with Gasteiger partial charge < -0.3 is 10.6 Å². The van der Waals surface area contributed by atoms with Crippen molar-refractivity contribution in [1.82, 2.24) is 14.9 Å². The maximum atomic E-state index is 12.6. The Bertz CT molecular complexity index is 1070. The number of carbonyl (C=O) groups excluding carboxylic acids is 2. The molecule has 1 heterocycles. The van der Waals surface area contributed by atoms with E-state index in [2.05, 4.69) is 47.7 Å². The van der Waals surface area contributed by atoms with E-state index >= 15 is 0 Å². The standard InChI is InChI=1S/C24H28N4O2S/c1-15-11-16(2)13-20(12-15)28-10-9-25-24(28)31-19(5)23(30)26-14-21(29)27-22-17(3)7-6-8-18(22)4/h6-13,19H,14H2,1-5H3,(H,26,30)(H,27,29). The monoisotopic (exact) mass is 436 g/mol. The van der Waals surface area contributed by atoms with E-state index in [9.17, 15) is 9.59 Å². The van der Waals surface area contributed by atoms with E-state index < -0.39 is 5.25 Å². The number of hydrogen-bond donors (Lipinski definition) is 2. The largest absolute Gasteiger partial charge is 0.346 e. The van der Waals surface area contributed by atoms with E-state index in [0.717, 1.165) is 27.7 Å². The van der Waals surface area contributed by atoms with Crippen LogP contribution >= 0.6 is 11.8 Å². The van der Waals surface area contributed by atoms with E-state index in [4.69, 9.17) is 0 Å². The average molecular weight is 437 g/mol. The molecule has 2 aromatic carbocycles. The number of rotatable bonds is 7. The number of hydrogen-bond acceptors (Lipinski definition) is 4. The van der Waals surface area contributed by atoms with Gasteiger partial charge >= 0.3 is 0 Å². The maximum absolute atomic E-state index is 12.6. The predicted molar refractivity (Wildman–Crippen MR) is 126 cm³/mol. The summed E-state index contributed by atoms with van der Waals surface area (Å²) in [5.41, 5.74) is 6.11. The second-order valence-electron chi connectivity index (χ2n) is 7.72. The topological polar surface area (TPSA) is 76.0 Å². The molecule has 31 heavy (non-hydrogen) atoms. The van der Waals surface area contributed by atoms with Crippen molar-refractivity contribution in [2.75, 3.05) is 11.9 Å². The molecular weight excluding hydrogens is 408 g/mol. The van der Waals surface area contributed by atoms with Crippen molar-refractivity contribution in [2.24, 2.45) is 0 Å². The Hall–Kier alpha value is -3.06. The summed E-state index contributed by atoms with van der Waals surface area (Å²) >= 11 is 1.36. The normalized spacial score (nSPS) is 11.8. The van der Waals surface area contributed by atoms with Gasteiger partial charge in [-0.05, 0) is 69.0 Å². The van der Waals surface area contributed by atoms with Crippen LogP contribution in [-0.4, -0.2) is 33.2 Å². The average Bonchev–Trinajstić information content (AvgIpc) is 3.16. The van der Waals surface area contributed by atoms with E-state index in [-0.39, 0.29) is 18.4 Å². The minimum Gasteiger partial charge on any atom is -0.346 e. The number of imidazole rings is 1. The molecule has 1 aromatic heterocycles. The van der Waals surface area contributed by atoms with Crippen LogP contribution in [0.3, 0.4) is 0 Å². The van der Waals surface area contributed by atoms with Crippen molar-refractivity contribution >= 4 is 29.3 Å². The molecule has 3 aromatic rings. The minimum absolute atomic E-state index is 0.0803. The Balaban J connectivity index is 1.59. The van der Waals surface area contributed by atoms with Crippen LogP contribution in [0.5, 0.6) is 0 Å². The number of aromatic nitrogens is 2. The summed E-state index contributed by atoms with van der Waals surface area (Å²) in [6.45, 7) is 9.72. The molecule has 1 atom stereocenters. The highest BCUT2D eigenvalue weighted by atomic mass is 32.2. The zero-order valence-electron chi connectivity index (χ0n) is 18.5. The zero-order chi connectivity index (χ0) is 22.5. The lowest BCUT2D eigenvalue weighted by Gasteiger charge is -2.15. The molecule has 0 saturated heterocycles. The van der Waals surface area contributed by atoms with Gasteiger partial charge in [0.2, 0.25) is 11.8 Å². The first-order valence-corrected chi connectivity index (χ1v) is 11.0. The summed E-state index contributed by atoms with van der Waals surface area (Å²) < 4.78 is 1.97. The summed E-state index contributed by atoms with van der Waals surface area (Å²) in [6, 6.07) is 12.1. The van der Waals surface area contributed by atoms with Crippen LogP contribution in [0.15, 0.2) is 53.9 Å². The molecule has 0 aliphatic rings. The molecular formula is C24H28N4O2S. The third kappa shape index (κ3) is 5.76. The highest BCUT2D eigenvalue weighted by Gasteiger charge is 2.19. The third-order valence-electron chi connectivity index (χ3n) is 4.91. The number of amides is 2. The second kappa shape index (κ2) is 9.83. The lowest BCUT2D eigenvalue weighted by molar-refractivity contribution is -0.123. The van der Waals surface area contributed by atoms with Crippen molar-refractivity contribution in [1.29, 1.82) is 0 Å². The number of para-hydroxylation sites is 1. The lowest BCUT2D eigenvalue weighted by atomic mass is 10.1. The van der Waals surface area contributed by atoms with Gasteiger partial charge in [-0.1, -0.05) is 36.0 Å². The second-order valence-corrected chi connectivity index (χ2v) is 9.03. The number of nitrogens with one attached hydrogen (secondary N) is 2. The Morgan fingerprint density at radius 3 is 2.35 bits per heavy atom. The van der Waals surface area contributed by atoms with Gasteiger partial charge in [-0.15, -0.1) is 0 Å². The van der Waals surface area contributed by atoms with Gasteiger partial charge in [0.25, 0.3) is 0 Å². The molecule has 3 rings (SSSR count). The summed E-state index contributed by atoms with van der Waals surface area (Å²) in [5.74, 6) is -0.462. The van der Waals surface area contributed by atoms with Crippen molar-refractivity contribution in [3.8, 4) is 5.69 Å². The fourth-order valence-corrected chi connectivity index (χ4v) is 4.29. The fraction of sp³-hybridized carbons (Fsp3) is 0.292. The molecule has 0 aliphatic heterocycles. The number of benzene rings is 2. The molecule has 6 nitrogen and oxygen atoms in total. The Labute approximate surface area is 187 Å². The molecule has 0 saturated carbocycles. The van der Waals surface area contributed by atoms with Gasteiger partial charge in [0.15, 0.2) is 5.16 Å². The van der Waals surface area contributed by atoms with Crippen LogP contribution < -0.4 is 10.6 Å². The van der Waals surface area contributed by atoms with Gasteiger partial charge in [0.05, 0.1) is 11.8 Å². The van der Waals surface area contributed by atoms with Crippen LogP contribution in [0.2, 0.25) is 0 Å².